The first-order chi connectivity index (χ1) is 6.46. The van der Waals surface area contributed by atoms with Gasteiger partial charge in [-0.15, -0.1) is 0 Å². The summed E-state index contributed by atoms with van der Waals surface area (Å²) in [4.78, 5) is 0. The predicted molar refractivity (Wildman–Crippen MR) is 67.8 cm³/mol. The van der Waals surface area contributed by atoms with Crippen LogP contribution in [0.5, 0.6) is 0 Å². The van der Waals surface area contributed by atoms with Gasteiger partial charge in [-0.05, 0) is 16.6 Å². The maximum atomic E-state index is 6.75. The lowest BCUT2D eigenvalue weighted by Crippen LogP contribution is -2.44. The van der Waals surface area contributed by atoms with Crippen molar-refractivity contribution in [3.05, 3.63) is 30.3 Å². The molecule has 0 saturated heterocycles. The van der Waals surface area contributed by atoms with E-state index in [0.717, 1.165) is 0 Å². The van der Waals surface area contributed by atoms with Gasteiger partial charge < -0.3 is 0 Å². The van der Waals surface area contributed by atoms with Crippen molar-refractivity contribution >= 4 is 23.6 Å². The molecule has 14 heavy (non-hydrogen) atoms. The second-order valence-corrected chi connectivity index (χ2v) is 10.5. The molecule has 0 aliphatic rings. The van der Waals surface area contributed by atoms with E-state index in [0.29, 0.717) is 11.5 Å². The van der Waals surface area contributed by atoms with Gasteiger partial charge in [0.15, 0.2) is 7.38 Å². The Bertz CT molecular complexity index is 280. The third-order valence-corrected chi connectivity index (χ3v) is 8.72. The summed E-state index contributed by atoms with van der Waals surface area (Å²) in [6, 6.07) is 10.5. The van der Waals surface area contributed by atoms with Gasteiger partial charge >= 0.3 is 0 Å². The SMILES string of the molecule is CC(C)C(C)[Si](C)(Cl)c1ccccc1. The molecule has 0 heterocycles. The molecule has 0 aliphatic carbocycles. The van der Waals surface area contributed by atoms with Crippen molar-refractivity contribution in [1.29, 1.82) is 0 Å². The van der Waals surface area contributed by atoms with E-state index in [1.165, 1.54) is 5.19 Å². The van der Waals surface area contributed by atoms with Crippen molar-refractivity contribution in [3.8, 4) is 0 Å². The highest BCUT2D eigenvalue weighted by atomic mass is 35.6. The van der Waals surface area contributed by atoms with Gasteiger partial charge in [0.2, 0.25) is 0 Å². The number of benzene rings is 1. The van der Waals surface area contributed by atoms with Gasteiger partial charge in [0.05, 0.1) is 0 Å². The van der Waals surface area contributed by atoms with Crippen molar-refractivity contribution in [2.75, 3.05) is 0 Å². The van der Waals surface area contributed by atoms with Crippen LogP contribution in [0.4, 0.5) is 0 Å². The molecule has 0 spiro atoms. The largest absolute Gasteiger partial charge is 0.186 e. The smallest absolute Gasteiger partial charge is 0.161 e. The van der Waals surface area contributed by atoms with Crippen LogP contribution in [0.25, 0.3) is 0 Å². The maximum absolute atomic E-state index is 6.75. The number of rotatable bonds is 3. The van der Waals surface area contributed by atoms with Crippen LogP contribution < -0.4 is 5.19 Å². The molecule has 0 fully saturated rings. The average Bonchev–Trinajstić information content (AvgIpc) is 2.18. The third-order valence-electron chi connectivity index (χ3n) is 3.19. The predicted octanol–water partition coefficient (Wildman–Crippen LogP) is 3.75. The zero-order chi connectivity index (χ0) is 10.8. The first-order valence-electron chi connectivity index (χ1n) is 5.20. The molecule has 1 aromatic rings. The zero-order valence-electron chi connectivity index (χ0n) is 9.42. The van der Waals surface area contributed by atoms with E-state index < -0.39 is 7.38 Å². The summed E-state index contributed by atoms with van der Waals surface area (Å²) in [5.41, 5.74) is 0.603. The van der Waals surface area contributed by atoms with Crippen LogP contribution in [0, 0.1) is 5.92 Å². The highest BCUT2D eigenvalue weighted by molar-refractivity contribution is 7.27. The van der Waals surface area contributed by atoms with Crippen molar-refractivity contribution < 1.29 is 0 Å². The van der Waals surface area contributed by atoms with Crippen LogP contribution in [0.1, 0.15) is 20.8 Å². The van der Waals surface area contributed by atoms with Crippen molar-refractivity contribution in [2.45, 2.75) is 32.9 Å². The van der Waals surface area contributed by atoms with Crippen LogP contribution in [0.15, 0.2) is 30.3 Å². The molecule has 1 rings (SSSR count). The van der Waals surface area contributed by atoms with Crippen molar-refractivity contribution in [1.82, 2.24) is 0 Å². The fraction of sp³-hybridized carbons (Fsp3) is 0.500. The average molecular weight is 227 g/mol. The fourth-order valence-electron chi connectivity index (χ4n) is 1.65. The van der Waals surface area contributed by atoms with Crippen molar-refractivity contribution in [3.63, 3.8) is 0 Å². The summed E-state index contributed by atoms with van der Waals surface area (Å²) in [5.74, 6) is 0.657. The number of halogens is 1. The minimum absolute atomic E-state index is 0.603. The Hall–Kier alpha value is -0.273. The molecule has 0 bridgehead atoms. The topological polar surface area (TPSA) is 0 Å². The molecule has 2 unspecified atom stereocenters. The van der Waals surface area contributed by atoms with Crippen molar-refractivity contribution in [2.24, 2.45) is 5.92 Å². The fourth-order valence-corrected chi connectivity index (χ4v) is 5.41. The first kappa shape index (κ1) is 11.8. The molecule has 1 aromatic carbocycles. The van der Waals surface area contributed by atoms with E-state index in [1.54, 1.807) is 0 Å². The summed E-state index contributed by atoms with van der Waals surface area (Å²) < 4.78 is 0. The molecular formula is C12H19ClSi. The highest BCUT2D eigenvalue weighted by Gasteiger charge is 2.35. The van der Waals surface area contributed by atoms with Gasteiger partial charge in [-0.2, -0.15) is 11.1 Å². The molecular weight excluding hydrogens is 208 g/mol. The molecule has 2 atom stereocenters. The molecule has 0 nitrogen and oxygen atoms in total. The van der Waals surface area contributed by atoms with E-state index in [4.69, 9.17) is 11.1 Å². The second kappa shape index (κ2) is 4.50. The lowest BCUT2D eigenvalue weighted by Gasteiger charge is -2.30. The highest BCUT2D eigenvalue weighted by Crippen LogP contribution is 2.31. The first-order valence-corrected chi connectivity index (χ1v) is 8.79. The molecule has 0 saturated carbocycles. The lowest BCUT2D eigenvalue weighted by atomic mass is 10.1. The summed E-state index contributed by atoms with van der Waals surface area (Å²) in [6.45, 7) is 9.02. The monoisotopic (exact) mass is 226 g/mol. The lowest BCUT2D eigenvalue weighted by molar-refractivity contribution is 0.613. The maximum Gasteiger partial charge on any atom is 0.186 e. The Kier molecular flexibility index (Phi) is 3.79. The van der Waals surface area contributed by atoms with Gasteiger partial charge in [0.1, 0.15) is 0 Å². The molecule has 0 radical (unpaired) electrons. The Labute approximate surface area is 93.0 Å². The molecule has 78 valence electrons. The van der Waals surface area contributed by atoms with Gasteiger partial charge in [0.25, 0.3) is 0 Å². The van der Waals surface area contributed by atoms with Gasteiger partial charge in [-0.3, -0.25) is 0 Å². The minimum Gasteiger partial charge on any atom is -0.161 e. The van der Waals surface area contributed by atoms with Gasteiger partial charge in [-0.25, -0.2) is 0 Å². The molecule has 2 heteroatoms. The standard InChI is InChI=1S/C12H19ClSi/c1-10(2)11(3)14(4,13)12-8-6-5-7-9-12/h5-11H,1-4H3. The summed E-state index contributed by atoms with van der Waals surface area (Å²) in [7, 11) is -1.77. The molecule has 0 aromatic heterocycles. The summed E-state index contributed by atoms with van der Waals surface area (Å²) in [5, 5.41) is 1.35. The zero-order valence-corrected chi connectivity index (χ0v) is 11.2. The van der Waals surface area contributed by atoms with Gasteiger partial charge in [-0.1, -0.05) is 57.7 Å². The van der Waals surface area contributed by atoms with Gasteiger partial charge in [0, 0.05) is 0 Å². The van der Waals surface area contributed by atoms with Crippen LogP contribution in [0.3, 0.4) is 0 Å². The van der Waals surface area contributed by atoms with Crippen LogP contribution in [-0.2, 0) is 0 Å². The van der Waals surface area contributed by atoms with Crippen LogP contribution in [0.2, 0.25) is 12.1 Å². The minimum atomic E-state index is -1.77. The van der Waals surface area contributed by atoms with E-state index >= 15 is 0 Å². The number of hydrogen-bond acceptors (Lipinski definition) is 0. The summed E-state index contributed by atoms with van der Waals surface area (Å²) in [6.07, 6.45) is 0. The Morgan fingerprint density at radius 2 is 1.57 bits per heavy atom. The van der Waals surface area contributed by atoms with Crippen LogP contribution >= 0.6 is 11.1 Å². The second-order valence-electron chi connectivity index (χ2n) is 4.47. The third kappa shape index (κ3) is 2.40. The van der Waals surface area contributed by atoms with E-state index in [-0.39, 0.29) is 0 Å². The Balaban J connectivity index is 2.96. The molecule has 0 aliphatic heterocycles. The number of hydrogen-bond donors (Lipinski definition) is 0. The van der Waals surface area contributed by atoms with E-state index in [2.05, 4.69) is 51.6 Å². The molecule has 0 N–H and O–H groups in total. The Morgan fingerprint density at radius 3 is 2.00 bits per heavy atom. The van der Waals surface area contributed by atoms with E-state index in [9.17, 15) is 0 Å². The summed E-state index contributed by atoms with van der Waals surface area (Å²) >= 11 is 6.75. The normalized spacial score (nSPS) is 17.9. The Morgan fingerprint density at radius 1 is 1.07 bits per heavy atom. The van der Waals surface area contributed by atoms with E-state index in [1.807, 2.05) is 6.07 Å². The molecule has 0 amide bonds. The van der Waals surface area contributed by atoms with Crippen LogP contribution in [-0.4, -0.2) is 7.38 Å². The quantitative estimate of drug-likeness (QED) is 0.544.